The zero-order valence-electron chi connectivity index (χ0n) is 19.7. The van der Waals surface area contributed by atoms with Gasteiger partial charge in [-0.2, -0.15) is 0 Å². The van der Waals surface area contributed by atoms with Crippen molar-refractivity contribution in [3.63, 3.8) is 0 Å². The Hall–Kier alpha value is -3.23. The quantitative estimate of drug-likeness (QED) is 0.462. The number of anilines is 2. The van der Waals surface area contributed by atoms with Gasteiger partial charge in [-0.25, -0.2) is 8.42 Å². The van der Waals surface area contributed by atoms with E-state index in [0.29, 0.717) is 22.1 Å². The van der Waals surface area contributed by atoms with Crippen LogP contribution < -0.4 is 19.1 Å². The van der Waals surface area contributed by atoms with E-state index in [9.17, 15) is 13.2 Å². The van der Waals surface area contributed by atoms with Crippen LogP contribution >= 0.6 is 11.6 Å². The number of rotatable bonds is 8. The van der Waals surface area contributed by atoms with Crippen LogP contribution in [-0.4, -0.2) is 35.1 Å². The van der Waals surface area contributed by atoms with E-state index in [1.165, 1.54) is 26.4 Å². The Morgan fingerprint density at radius 2 is 1.59 bits per heavy atom. The summed E-state index contributed by atoms with van der Waals surface area (Å²) < 4.78 is 39.4. The molecular weight excluding hydrogens is 476 g/mol. The number of amides is 1. The van der Waals surface area contributed by atoms with Crippen LogP contribution in [0.2, 0.25) is 5.02 Å². The van der Waals surface area contributed by atoms with Gasteiger partial charge in [0, 0.05) is 5.02 Å². The van der Waals surface area contributed by atoms with E-state index in [0.717, 1.165) is 21.0 Å². The SMILES string of the molecule is COc1ccc(Cl)cc1NC(=O)CN(c1ccc(C)c(C)c1)S(=O)(=O)c1cc(C)ccc1OC. The molecule has 3 rings (SSSR count). The summed E-state index contributed by atoms with van der Waals surface area (Å²) in [5.74, 6) is 0.0315. The van der Waals surface area contributed by atoms with Gasteiger partial charge in [-0.1, -0.05) is 23.7 Å². The van der Waals surface area contributed by atoms with Gasteiger partial charge in [0.2, 0.25) is 5.91 Å². The second-order valence-electron chi connectivity index (χ2n) is 7.83. The summed E-state index contributed by atoms with van der Waals surface area (Å²) >= 11 is 6.06. The molecule has 0 aliphatic carbocycles. The average molecular weight is 503 g/mol. The molecule has 9 heteroatoms. The molecule has 0 unspecified atom stereocenters. The van der Waals surface area contributed by atoms with E-state index < -0.39 is 22.5 Å². The summed E-state index contributed by atoms with van der Waals surface area (Å²) in [5.41, 5.74) is 3.34. The zero-order chi connectivity index (χ0) is 25.0. The molecule has 7 nitrogen and oxygen atoms in total. The normalized spacial score (nSPS) is 11.1. The second-order valence-corrected chi connectivity index (χ2v) is 10.1. The predicted octanol–water partition coefficient (Wildman–Crippen LogP) is 5.12. The van der Waals surface area contributed by atoms with E-state index in [1.807, 2.05) is 19.9 Å². The lowest BCUT2D eigenvalue weighted by Gasteiger charge is -2.26. The van der Waals surface area contributed by atoms with Gasteiger partial charge in [0.1, 0.15) is 22.9 Å². The van der Waals surface area contributed by atoms with E-state index >= 15 is 0 Å². The van der Waals surface area contributed by atoms with Gasteiger partial charge in [0.05, 0.1) is 25.6 Å². The van der Waals surface area contributed by atoms with Crippen LogP contribution in [0.1, 0.15) is 16.7 Å². The summed E-state index contributed by atoms with van der Waals surface area (Å²) in [6, 6.07) is 14.9. The molecule has 1 N–H and O–H groups in total. The van der Waals surface area contributed by atoms with Gasteiger partial charge in [0.25, 0.3) is 10.0 Å². The summed E-state index contributed by atoms with van der Waals surface area (Å²) in [7, 11) is -1.30. The van der Waals surface area contributed by atoms with Crippen molar-refractivity contribution in [3.8, 4) is 11.5 Å². The second kappa shape index (κ2) is 10.4. The van der Waals surface area contributed by atoms with Crippen molar-refractivity contribution in [2.75, 3.05) is 30.4 Å². The molecule has 0 atom stereocenters. The van der Waals surface area contributed by atoms with E-state index in [-0.39, 0.29) is 10.6 Å². The molecule has 0 fully saturated rings. The lowest BCUT2D eigenvalue weighted by atomic mass is 10.1. The topological polar surface area (TPSA) is 84.9 Å². The van der Waals surface area contributed by atoms with E-state index in [4.69, 9.17) is 21.1 Å². The molecule has 180 valence electrons. The third-order valence-electron chi connectivity index (χ3n) is 5.39. The van der Waals surface area contributed by atoms with Crippen molar-refractivity contribution < 1.29 is 22.7 Å². The average Bonchev–Trinajstić information content (AvgIpc) is 2.79. The number of nitrogens with one attached hydrogen (secondary N) is 1. The number of methoxy groups -OCH3 is 2. The van der Waals surface area contributed by atoms with Crippen LogP contribution in [0.25, 0.3) is 0 Å². The number of halogens is 1. The summed E-state index contributed by atoms with van der Waals surface area (Å²) in [4.78, 5) is 13.1. The van der Waals surface area contributed by atoms with Gasteiger partial charge >= 0.3 is 0 Å². The Labute approximate surface area is 205 Å². The first kappa shape index (κ1) is 25.4. The first-order valence-corrected chi connectivity index (χ1v) is 12.3. The molecule has 34 heavy (non-hydrogen) atoms. The Balaban J connectivity index is 2.06. The summed E-state index contributed by atoms with van der Waals surface area (Å²) in [5, 5.41) is 3.11. The molecule has 3 aromatic rings. The fourth-order valence-electron chi connectivity index (χ4n) is 3.40. The largest absolute Gasteiger partial charge is 0.495 e. The molecule has 0 saturated heterocycles. The molecule has 0 aliphatic rings. The number of ether oxygens (including phenoxy) is 2. The first-order valence-electron chi connectivity index (χ1n) is 10.4. The maximum atomic E-state index is 13.8. The molecule has 0 aromatic heterocycles. The lowest BCUT2D eigenvalue weighted by Crippen LogP contribution is -2.38. The van der Waals surface area contributed by atoms with Gasteiger partial charge in [0.15, 0.2) is 0 Å². The van der Waals surface area contributed by atoms with Gasteiger partial charge in [-0.05, 0) is 79.9 Å². The fourth-order valence-corrected chi connectivity index (χ4v) is 5.23. The number of hydrogen-bond acceptors (Lipinski definition) is 5. The lowest BCUT2D eigenvalue weighted by molar-refractivity contribution is -0.114. The fraction of sp³-hybridized carbons (Fsp3) is 0.240. The van der Waals surface area contributed by atoms with Crippen molar-refractivity contribution in [1.82, 2.24) is 0 Å². The summed E-state index contributed by atoms with van der Waals surface area (Å²) in [6.45, 7) is 5.13. The molecule has 0 saturated carbocycles. The van der Waals surface area contributed by atoms with Crippen molar-refractivity contribution in [1.29, 1.82) is 0 Å². The number of sulfonamides is 1. The Morgan fingerprint density at radius 3 is 2.24 bits per heavy atom. The van der Waals surface area contributed by atoms with Crippen molar-refractivity contribution in [3.05, 3.63) is 76.3 Å². The highest BCUT2D eigenvalue weighted by molar-refractivity contribution is 7.93. The minimum atomic E-state index is -4.17. The molecule has 0 radical (unpaired) electrons. The number of hydrogen-bond donors (Lipinski definition) is 1. The number of aryl methyl sites for hydroxylation is 3. The van der Waals surface area contributed by atoms with Crippen LogP contribution in [0.15, 0.2) is 59.5 Å². The molecule has 0 spiro atoms. The molecule has 0 heterocycles. The van der Waals surface area contributed by atoms with Gasteiger partial charge in [-0.15, -0.1) is 0 Å². The van der Waals surface area contributed by atoms with Crippen LogP contribution in [-0.2, 0) is 14.8 Å². The first-order chi connectivity index (χ1) is 16.1. The molecule has 0 aliphatic heterocycles. The highest BCUT2D eigenvalue weighted by Gasteiger charge is 2.30. The third kappa shape index (κ3) is 5.46. The van der Waals surface area contributed by atoms with Gasteiger partial charge < -0.3 is 14.8 Å². The Morgan fingerprint density at radius 1 is 0.912 bits per heavy atom. The maximum absolute atomic E-state index is 13.8. The number of carbonyl (C=O) groups is 1. The molecule has 0 bridgehead atoms. The standard InChI is InChI=1S/C25H27ClN2O5S/c1-16-6-10-23(33-5)24(12-16)34(30,31)28(20-9-7-17(2)18(3)13-20)15-25(29)27-21-14-19(26)8-11-22(21)32-4/h6-14H,15H2,1-5H3,(H,27,29). The van der Waals surface area contributed by atoms with Crippen LogP contribution in [0.5, 0.6) is 11.5 Å². The van der Waals surface area contributed by atoms with Crippen molar-refractivity contribution in [2.45, 2.75) is 25.7 Å². The number of nitrogens with zero attached hydrogens (tertiary/aromatic N) is 1. The van der Waals surface area contributed by atoms with Crippen LogP contribution in [0.4, 0.5) is 11.4 Å². The molecule has 1 amide bonds. The zero-order valence-corrected chi connectivity index (χ0v) is 21.3. The van der Waals surface area contributed by atoms with Crippen LogP contribution in [0, 0.1) is 20.8 Å². The van der Waals surface area contributed by atoms with E-state index in [2.05, 4.69) is 5.32 Å². The minimum absolute atomic E-state index is 0.0265. The van der Waals surface area contributed by atoms with Crippen LogP contribution in [0.3, 0.4) is 0 Å². The Bertz CT molecular complexity index is 1320. The molecular formula is C25H27ClN2O5S. The minimum Gasteiger partial charge on any atom is -0.495 e. The molecule has 3 aromatic carbocycles. The number of carbonyl (C=O) groups excluding carboxylic acids is 1. The van der Waals surface area contributed by atoms with Crippen molar-refractivity contribution >= 4 is 38.9 Å². The Kier molecular flexibility index (Phi) is 7.74. The monoisotopic (exact) mass is 502 g/mol. The van der Waals surface area contributed by atoms with Crippen molar-refractivity contribution in [2.24, 2.45) is 0 Å². The van der Waals surface area contributed by atoms with E-state index in [1.54, 1.807) is 43.3 Å². The number of benzene rings is 3. The summed E-state index contributed by atoms with van der Waals surface area (Å²) in [6.07, 6.45) is 0. The predicted molar refractivity (Wildman–Crippen MR) is 135 cm³/mol. The maximum Gasteiger partial charge on any atom is 0.268 e. The third-order valence-corrected chi connectivity index (χ3v) is 7.42. The smallest absolute Gasteiger partial charge is 0.268 e. The highest BCUT2D eigenvalue weighted by atomic mass is 35.5. The highest BCUT2D eigenvalue weighted by Crippen LogP contribution is 2.32. The van der Waals surface area contributed by atoms with Gasteiger partial charge in [-0.3, -0.25) is 9.10 Å².